The largest absolute Gasteiger partial charge is 0.472 e. The van der Waals surface area contributed by atoms with Crippen LogP contribution in [0.25, 0.3) is 0 Å². The summed E-state index contributed by atoms with van der Waals surface area (Å²) in [6.45, 7) is 3.33. The van der Waals surface area contributed by atoms with Crippen LogP contribution in [0.5, 0.6) is 0 Å². The zero-order chi connectivity index (χ0) is 43.9. The fourth-order valence-electron chi connectivity index (χ4n) is 6.00. The molecule has 0 spiro atoms. The molecule has 9 nitrogen and oxygen atoms in total. The summed E-state index contributed by atoms with van der Waals surface area (Å²) in [5.41, 5.74) is 0. The van der Waals surface area contributed by atoms with E-state index in [2.05, 4.69) is 98.9 Å². The molecular weight excluding hydrogens is 776 g/mol. The van der Waals surface area contributed by atoms with Crippen LogP contribution in [0.1, 0.15) is 181 Å². The van der Waals surface area contributed by atoms with Crippen molar-refractivity contribution in [2.45, 2.75) is 193 Å². The third-order valence-corrected chi connectivity index (χ3v) is 10.5. The topological polar surface area (TPSA) is 132 Å². The molecule has 0 aliphatic heterocycles. The lowest BCUT2D eigenvalue weighted by atomic mass is 10.1. The molecule has 0 radical (unpaired) electrons. The molecule has 0 aromatic rings. The lowest BCUT2D eigenvalue weighted by Gasteiger charge is -2.20. The number of rotatable bonds is 44. The Morgan fingerprint density at radius 3 is 1.43 bits per heavy atom. The number of ether oxygens (including phenoxy) is 2. The molecule has 0 saturated carbocycles. The number of unbranched alkanes of at least 4 members (excludes halogenated alkanes) is 16. The van der Waals surface area contributed by atoms with E-state index < -0.39 is 45.8 Å². The number of aliphatic hydroxyl groups is 2. The Morgan fingerprint density at radius 2 is 0.950 bits per heavy atom. The highest BCUT2D eigenvalue weighted by Crippen LogP contribution is 2.43. The molecule has 0 amide bonds. The van der Waals surface area contributed by atoms with Gasteiger partial charge in [-0.05, 0) is 89.9 Å². The molecule has 0 saturated heterocycles. The molecule has 0 aliphatic rings. The van der Waals surface area contributed by atoms with E-state index in [4.69, 9.17) is 23.6 Å². The second kappa shape index (κ2) is 46.2. The van der Waals surface area contributed by atoms with Crippen LogP contribution >= 0.6 is 7.82 Å². The van der Waals surface area contributed by atoms with Crippen molar-refractivity contribution in [1.82, 2.24) is 0 Å². The van der Waals surface area contributed by atoms with Gasteiger partial charge in [-0.2, -0.15) is 0 Å². The van der Waals surface area contributed by atoms with Gasteiger partial charge >= 0.3 is 13.8 Å². The second-order valence-electron chi connectivity index (χ2n) is 15.4. The van der Waals surface area contributed by atoms with Crippen LogP contribution in [0, 0.1) is 0 Å². The quantitative estimate of drug-likeness (QED) is 0.0237. The van der Waals surface area contributed by atoms with E-state index in [0.29, 0.717) is 13.0 Å². The summed E-state index contributed by atoms with van der Waals surface area (Å²) in [6, 6.07) is 0. The van der Waals surface area contributed by atoms with Crippen molar-refractivity contribution in [3.05, 3.63) is 85.1 Å². The molecule has 0 rings (SSSR count). The number of aliphatic hydroxyl groups excluding tert-OH is 2. The van der Waals surface area contributed by atoms with Crippen LogP contribution < -0.4 is 0 Å². The molecule has 0 fully saturated rings. The fraction of sp³-hybridized carbons (Fsp3) is 0.700. The average Bonchev–Trinajstić information content (AvgIpc) is 3.24. The Balaban J connectivity index is 4.21. The first-order valence-corrected chi connectivity index (χ1v) is 25.1. The van der Waals surface area contributed by atoms with E-state index in [1.54, 1.807) is 0 Å². The summed E-state index contributed by atoms with van der Waals surface area (Å²) in [6.07, 6.45) is 56.8. The van der Waals surface area contributed by atoms with Gasteiger partial charge in [-0.15, -0.1) is 0 Å². The van der Waals surface area contributed by atoms with Gasteiger partial charge in [0, 0.05) is 13.0 Å². The van der Waals surface area contributed by atoms with Crippen molar-refractivity contribution < 1.29 is 43.0 Å². The zero-order valence-electron chi connectivity index (χ0n) is 37.9. The Hall–Kier alpha value is -2.36. The molecule has 3 atom stereocenters. The molecule has 0 aliphatic carbocycles. The molecule has 0 aromatic heterocycles. The predicted molar refractivity (Wildman–Crippen MR) is 251 cm³/mol. The van der Waals surface area contributed by atoms with Crippen molar-refractivity contribution in [3.63, 3.8) is 0 Å². The van der Waals surface area contributed by atoms with E-state index in [9.17, 15) is 19.4 Å². The molecule has 0 heterocycles. The van der Waals surface area contributed by atoms with Gasteiger partial charge in [0.05, 0.1) is 26.4 Å². The summed E-state index contributed by atoms with van der Waals surface area (Å²) in [4.78, 5) is 22.6. The summed E-state index contributed by atoms with van der Waals surface area (Å²) in [5, 5.41) is 18.4. The van der Waals surface area contributed by atoms with Crippen LogP contribution in [-0.2, 0) is 27.9 Å². The first kappa shape index (κ1) is 57.6. The third kappa shape index (κ3) is 45.2. The van der Waals surface area contributed by atoms with Crippen molar-refractivity contribution in [3.8, 4) is 0 Å². The lowest BCUT2D eigenvalue weighted by Crippen LogP contribution is -2.29. The van der Waals surface area contributed by atoms with E-state index in [1.165, 1.54) is 57.8 Å². The lowest BCUT2D eigenvalue weighted by molar-refractivity contribution is -0.154. The fourth-order valence-corrected chi connectivity index (χ4v) is 6.79. The molecule has 10 heteroatoms. The maximum absolute atomic E-state index is 12.7. The van der Waals surface area contributed by atoms with Crippen molar-refractivity contribution in [1.29, 1.82) is 0 Å². The number of hydrogen-bond acceptors (Lipinski definition) is 8. The molecular formula is C50H87O9P. The summed E-state index contributed by atoms with van der Waals surface area (Å²) in [7, 11) is -4.53. The average molecular weight is 863 g/mol. The van der Waals surface area contributed by atoms with Gasteiger partial charge in [0.2, 0.25) is 0 Å². The minimum Gasteiger partial charge on any atom is -0.457 e. The zero-order valence-corrected chi connectivity index (χ0v) is 38.8. The maximum atomic E-state index is 12.7. The summed E-state index contributed by atoms with van der Waals surface area (Å²) < 4.78 is 33.4. The molecule has 0 aromatic carbocycles. The van der Waals surface area contributed by atoms with E-state index in [-0.39, 0.29) is 13.0 Å². The number of esters is 1. The Kier molecular flexibility index (Phi) is 44.3. The summed E-state index contributed by atoms with van der Waals surface area (Å²) >= 11 is 0. The van der Waals surface area contributed by atoms with Crippen molar-refractivity contribution in [2.24, 2.45) is 0 Å². The highest BCUT2D eigenvalue weighted by Gasteiger charge is 2.26. The maximum Gasteiger partial charge on any atom is 0.472 e. The number of allylic oxidation sites excluding steroid dienone is 14. The third-order valence-electron chi connectivity index (χ3n) is 9.56. The first-order valence-electron chi connectivity index (χ1n) is 23.6. The van der Waals surface area contributed by atoms with Crippen molar-refractivity contribution in [2.75, 3.05) is 33.0 Å². The predicted octanol–water partition coefficient (Wildman–Crippen LogP) is 13.5. The Labute approximate surface area is 366 Å². The standard InChI is InChI=1S/C50H87O9P/c1-3-5-7-9-11-13-15-17-19-21-23-24-25-26-28-30-32-34-36-38-40-42-50(53)59-49(47-58-60(54,55)57-45-48(52)44-51)46-56-43-41-39-37-35-33-31-29-27-22-20-18-16-14-12-10-8-6-4-2/h5,7,11-14,17-20,23-24,26,28,48-49,51-52H,3-4,6,8-10,15-16,21-22,25,27,29-47H2,1-2H3,(H,54,55)/b7-5-,13-11-,14-12-,19-17-,20-18-,24-23-,28-26-. The number of phosphoric ester groups is 1. The van der Waals surface area contributed by atoms with Gasteiger partial charge < -0.3 is 24.6 Å². The summed E-state index contributed by atoms with van der Waals surface area (Å²) in [5.74, 6) is -0.406. The highest BCUT2D eigenvalue weighted by molar-refractivity contribution is 7.47. The first-order chi connectivity index (χ1) is 29.3. The highest BCUT2D eigenvalue weighted by atomic mass is 31.2. The van der Waals surface area contributed by atoms with E-state index in [0.717, 1.165) is 96.3 Å². The minimum atomic E-state index is -4.53. The molecule has 3 unspecified atom stereocenters. The SMILES string of the molecule is CC/C=C\C/C=C\C/C=C\C/C=C\C/C=C\CCCCCCCC(=O)OC(COCCCCCCCCCC/C=C\C/C=C\CCCCC)COP(=O)(O)OCC(O)CO. The van der Waals surface area contributed by atoms with Gasteiger partial charge in [-0.1, -0.05) is 170 Å². The van der Waals surface area contributed by atoms with Crippen molar-refractivity contribution >= 4 is 13.8 Å². The van der Waals surface area contributed by atoms with Crippen LogP contribution in [0.3, 0.4) is 0 Å². The van der Waals surface area contributed by atoms with Gasteiger partial charge in [-0.3, -0.25) is 13.8 Å². The van der Waals surface area contributed by atoms with Crippen LogP contribution in [-0.4, -0.2) is 66.3 Å². The molecule has 60 heavy (non-hydrogen) atoms. The molecule has 3 N–H and O–H groups in total. The second-order valence-corrected chi connectivity index (χ2v) is 16.8. The minimum absolute atomic E-state index is 0.0322. The molecule has 346 valence electrons. The normalized spacial score (nSPS) is 14.7. The van der Waals surface area contributed by atoms with Crippen LogP contribution in [0.2, 0.25) is 0 Å². The van der Waals surface area contributed by atoms with E-state index in [1.807, 2.05) is 0 Å². The number of carbonyl (C=O) groups excluding carboxylic acids is 1. The number of carbonyl (C=O) groups is 1. The Bertz CT molecular complexity index is 1210. The molecule has 0 bridgehead atoms. The number of phosphoric acid groups is 1. The number of hydrogen-bond donors (Lipinski definition) is 3. The monoisotopic (exact) mass is 863 g/mol. The van der Waals surface area contributed by atoms with Gasteiger partial charge in [0.15, 0.2) is 0 Å². The Morgan fingerprint density at radius 1 is 0.533 bits per heavy atom. The smallest absolute Gasteiger partial charge is 0.457 e. The van der Waals surface area contributed by atoms with E-state index >= 15 is 0 Å². The van der Waals surface area contributed by atoms with Crippen LogP contribution in [0.4, 0.5) is 0 Å². The van der Waals surface area contributed by atoms with Gasteiger partial charge in [0.1, 0.15) is 12.2 Å². The van der Waals surface area contributed by atoms with Gasteiger partial charge in [0.25, 0.3) is 0 Å². The van der Waals surface area contributed by atoms with Gasteiger partial charge in [-0.25, -0.2) is 4.57 Å². The van der Waals surface area contributed by atoms with Crippen LogP contribution in [0.15, 0.2) is 85.1 Å².